The van der Waals surface area contributed by atoms with Crippen LogP contribution in [0.4, 0.5) is 27.8 Å². The number of hydrogen-bond donors (Lipinski definition) is 8. The molecule has 4 aromatic carbocycles. The molecule has 1 aliphatic rings. The Labute approximate surface area is 492 Å². The molecule has 1 unspecified atom stereocenters. The van der Waals surface area contributed by atoms with Crippen molar-refractivity contribution in [2.24, 2.45) is 17.2 Å². The average Bonchev–Trinajstić information content (AvgIpc) is 4.31. The van der Waals surface area contributed by atoms with Crippen molar-refractivity contribution < 1.29 is 29.0 Å². The lowest BCUT2D eigenvalue weighted by Crippen LogP contribution is -2.27. The van der Waals surface area contributed by atoms with Crippen LogP contribution in [0.25, 0.3) is 42.8 Å². The Balaban J connectivity index is 0.000000165. The number of nitrogens with zero attached hydrogens (tertiary/aromatic N) is 7. The zero-order valence-corrected chi connectivity index (χ0v) is 50.0. The minimum Gasteiger partial charge on any atom is -0.477 e. The number of carboxylic acids is 1. The fraction of sp³-hybridized carbons (Fsp3) is 0.211. The average molecular weight is 1270 g/mol. The number of anilines is 4. The number of ether oxygens (including phenoxy) is 2. The van der Waals surface area contributed by atoms with Gasteiger partial charge in [-0.05, 0) is 150 Å². The van der Waals surface area contributed by atoms with Gasteiger partial charge in [0.2, 0.25) is 5.28 Å². The van der Waals surface area contributed by atoms with Gasteiger partial charge in [-0.15, -0.1) is 11.3 Å². The number of aryl methyl sites for hydroxylation is 2. The molecule has 11 rings (SSSR count). The summed E-state index contributed by atoms with van der Waals surface area (Å²) in [6, 6.07) is 28.7. The topological polar surface area (TPSA) is 306 Å². The number of aromatic amines is 2. The second kappa shape index (κ2) is 29.4. The third-order valence-electron chi connectivity index (χ3n) is 11.0. The summed E-state index contributed by atoms with van der Waals surface area (Å²) >= 11 is 13.8. The molecule has 0 radical (unpaired) electrons. The smallest absolute Gasteiger partial charge is 0.435 e. The number of rotatable bonds is 7. The largest absolute Gasteiger partial charge is 0.477 e. The van der Waals surface area contributed by atoms with E-state index in [0.29, 0.717) is 33.6 Å². The number of benzene rings is 4. The molecule has 11 N–H and O–H groups in total. The first-order chi connectivity index (χ1) is 38.6. The van der Waals surface area contributed by atoms with Gasteiger partial charge in [-0.25, -0.2) is 29.5 Å². The molecule has 1 saturated heterocycles. The lowest BCUT2D eigenvalue weighted by Gasteiger charge is -2.19. The van der Waals surface area contributed by atoms with Crippen LogP contribution in [-0.2, 0) is 9.47 Å². The summed E-state index contributed by atoms with van der Waals surface area (Å²) in [6.07, 6.45) is 12.3. The Morgan fingerprint density at radius 1 is 0.877 bits per heavy atom. The number of carboxylic acid groups (broad SMARTS) is 1. The Bertz CT molecular complexity index is 3740. The number of thiophene rings is 1. The predicted molar refractivity (Wildman–Crippen MR) is 330 cm³/mol. The van der Waals surface area contributed by atoms with Crippen LogP contribution in [0.2, 0.25) is 5.28 Å². The fourth-order valence-electron chi connectivity index (χ4n) is 7.13. The minimum absolute atomic E-state index is 0.0623. The maximum Gasteiger partial charge on any atom is 0.435 e. The second-order valence-electron chi connectivity index (χ2n) is 18.8. The highest BCUT2D eigenvalue weighted by Gasteiger charge is 2.20. The van der Waals surface area contributed by atoms with Crippen molar-refractivity contribution in [2.45, 2.75) is 66.5 Å². The molecule has 81 heavy (non-hydrogen) atoms. The van der Waals surface area contributed by atoms with Gasteiger partial charge >= 0.3 is 12.1 Å². The van der Waals surface area contributed by atoms with Gasteiger partial charge in [0.25, 0.3) is 0 Å². The van der Waals surface area contributed by atoms with E-state index >= 15 is 0 Å². The molecule has 6 aromatic heterocycles. The number of nitrogens with two attached hydrogens (primary N) is 3. The maximum atomic E-state index is 12.2. The van der Waals surface area contributed by atoms with E-state index in [1.807, 2.05) is 127 Å². The molecule has 1 aliphatic heterocycles. The molecule has 1 atom stereocenters. The van der Waals surface area contributed by atoms with Crippen molar-refractivity contribution in [3.05, 3.63) is 176 Å². The molecule has 0 spiro atoms. The fourth-order valence-corrected chi connectivity index (χ4v) is 9.09. The van der Waals surface area contributed by atoms with Crippen molar-refractivity contribution in [3.63, 3.8) is 0 Å². The third kappa shape index (κ3) is 19.3. The summed E-state index contributed by atoms with van der Waals surface area (Å²) < 4.78 is 14.5. The van der Waals surface area contributed by atoms with Crippen molar-refractivity contribution in [3.8, 4) is 0 Å². The van der Waals surface area contributed by atoms with Crippen LogP contribution in [-0.4, -0.2) is 92.7 Å². The van der Waals surface area contributed by atoms with Crippen molar-refractivity contribution in [1.82, 2.24) is 44.9 Å². The van der Waals surface area contributed by atoms with Gasteiger partial charge < -0.3 is 47.4 Å². The number of fused-ring (bicyclic) bond motifs is 4. The standard InChI is InChI=1S/C16H16ClN5O2.C13H13N5.C10H8BrNO.C9H5BrO2S.C5H10N2.C4H9NO/c1-16(2,3)24-15(23)22-12-5-4-11(8-10(12)9-19-22)20-13-6-7-18-14(17)21-13;1-8-6-14-9(2)16-13(8)17-11-3-4-12-10(5-11)7-15-18-12;1-6(13)9-4-7-2-3-8(11)5-10(7)12-9;10-6-2-1-5-3-8(9(11)12)13-7(5)4-6;1-2-3-5(7)4-6;5-4-1-2-6-3-4/h4-9H,1-3H3,(H,18,20,21);3-7H,1-2H3,(H,15,18)(H,14,16,17);2-5,12H,1H3;1-4H,(H,11,12);2-4H,6-7H2,1H3;4H,1-3,5H2/b;;;;3-2-,5-4+;. The zero-order chi connectivity index (χ0) is 58.8. The van der Waals surface area contributed by atoms with Crippen LogP contribution in [0.3, 0.4) is 0 Å². The summed E-state index contributed by atoms with van der Waals surface area (Å²) in [4.78, 5) is 53.8. The van der Waals surface area contributed by atoms with Crippen molar-refractivity contribution in [1.29, 1.82) is 0 Å². The minimum atomic E-state index is -0.864. The van der Waals surface area contributed by atoms with Crippen molar-refractivity contribution >= 4 is 138 Å². The van der Waals surface area contributed by atoms with Gasteiger partial charge in [-0.3, -0.25) is 9.89 Å². The van der Waals surface area contributed by atoms with Crippen LogP contribution < -0.4 is 27.8 Å². The highest BCUT2D eigenvalue weighted by Crippen LogP contribution is 2.29. The molecular weight excluding hydrogens is 1200 g/mol. The van der Waals surface area contributed by atoms with E-state index in [1.54, 1.807) is 49.8 Å². The quantitative estimate of drug-likeness (QED) is 0.0418. The van der Waals surface area contributed by atoms with Gasteiger partial charge in [-0.2, -0.15) is 14.9 Å². The lowest BCUT2D eigenvalue weighted by molar-refractivity contribution is 0.0522. The molecule has 1 fully saturated rings. The first-order valence-corrected chi connectivity index (χ1v) is 27.7. The Morgan fingerprint density at radius 3 is 2.23 bits per heavy atom. The van der Waals surface area contributed by atoms with Crippen LogP contribution >= 0.6 is 54.8 Å². The first-order valence-electron chi connectivity index (χ1n) is 24.9. The Kier molecular flexibility index (Phi) is 22.6. The second-order valence-corrected chi connectivity index (χ2v) is 22.0. The first kappa shape index (κ1) is 62.1. The number of carbonyl (C=O) groups is 3. The number of Topliss-reactive ketones (excluding diaryl/α,β-unsaturated/α-hetero) is 1. The van der Waals surface area contributed by atoms with E-state index in [4.69, 9.17) is 43.4 Å². The third-order valence-corrected chi connectivity index (χ3v) is 13.3. The molecule has 0 bridgehead atoms. The summed E-state index contributed by atoms with van der Waals surface area (Å²) in [6.45, 7) is 14.4. The van der Waals surface area contributed by atoms with Gasteiger partial charge in [0.1, 0.15) is 27.9 Å². The molecule has 422 valence electrons. The molecule has 7 heterocycles. The SMILES string of the molecule is C/C=C\C(N)=C/N.CC(=O)c1cc2ccc(Br)cc2[nH]1.CC(C)(C)OC(=O)n1ncc2cc(Nc3ccnc(Cl)n3)ccc21.Cc1ncc(C)c(Nc2ccc3[nH]ncc3c2)n1.NC1CCOC1.O=C(O)c1cc2ccc(Br)cc2s1. The number of hydrogen-bond acceptors (Lipinski definition) is 17. The van der Waals surface area contributed by atoms with Crippen LogP contribution in [0, 0.1) is 13.8 Å². The van der Waals surface area contributed by atoms with Gasteiger partial charge in [0, 0.05) is 96.1 Å². The van der Waals surface area contributed by atoms with Crippen molar-refractivity contribution in [2.75, 3.05) is 23.8 Å². The number of allylic oxidation sites excluding steroid dienone is 2. The maximum absolute atomic E-state index is 12.2. The lowest BCUT2D eigenvalue weighted by atomic mass is 10.2. The monoisotopic (exact) mass is 1260 g/mol. The van der Waals surface area contributed by atoms with E-state index in [1.165, 1.54) is 22.2 Å². The van der Waals surface area contributed by atoms with Gasteiger partial charge in [-0.1, -0.05) is 50.1 Å². The van der Waals surface area contributed by atoms with Crippen LogP contribution in [0.15, 0.2) is 149 Å². The van der Waals surface area contributed by atoms with Crippen LogP contribution in [0.5, 0.6) is 0 Å². The molecule has 10 aromatic rings. The van der Waals surface area contributed by atoms with Crippen LogP contribution in [0.1, 0.15) is 72.6 Å². The van der Waals surface area contributed by atoms with Gasteiger partial charge in [0.15, 0.2) is 5.78 Å². The number of nitrogens with one attached hydrogen (secondary N) is 4. The van der Waals surface area contributed by atoms with E-state index < -0.39 is 17.7 Å². The predicted octanol–water partition coefficient (Wildman–Crippen LogP) is 13.3. The molecule has 0 saturated carbocycles. The summed E-state index contributed by atoms with van der Waals surface area (Å²) in [5, 5.41) is 30.3. The highest BCUT2D eigenvalue weighted by atomic mass is 79.9. The van der Waals surface area contributed by atoms with Gasteiger partial charge in [0.05, 0.1) is 35.7 Å². The molecule has 0 aliphatic carbocycles. The molecule has 0 amide bonds. The normalized spacial score (nSPS) is 12.9. The number of carbonyl (C=O) groups excluding carboxylic acids is 2. The summed E-state index contributed by atoms with van der Waals surface area (Å²) in [7, 11) is 0. The molecular formula is C57H61Br2ClN14O6S. The Hall–Kier alpha value is -8.06. The molecule has 24 heteroatoms. The van der Waals surface area contributed by atoms with E-state index in [9.17, 15) is 14.4 Å². The zero-order valence-electron chi connectivity index (χ0n) is 45.3. The molecule has 20 nitrogen and oxygen atoms in total. The number of halogens is 3. The van der Waals surface area contributed by atoms with E-state index in [0.717, 1.165) is 94.4 Å². The number of ketones is 1. The van der Waals surface area contributed by atoms with E-state index in [2.05, 4.69) is 82.7 Å². The number of H-pyrrole nitrogens is 2. The highest BCUT2D eigenvalue weighted by molar-refractivity contribution is 9.10. The van der Waals surface area contributed by atoms with E-state index in [-0.39, 0.29) is 11.1 Å². The number of aromatic carboxylic acids is 1. The number of aromatic nitrogens is 9. The summed E-state index contributed by atoms with van der Waals surface area (Å²) in [5.41, 5.74) is 21.8. The summed E-state index contributed by atoms with van der Waals surface area (Å²) in [5.74, 6) is 1.37. The Morgan fingerprint density at radius 2 is 1.59 bits per heavy atom.